The molecule has 1 atom stereocenters. The van der Waals surface area contributed by atoms with Crippen molar-refractivity contribution in [3.8, 4) is 17.2 Å². The summed E-state index contributed by atoms with van der Waals surface area (Å²) in [6.45, 7) is 0. The third kappa shape index (κ3) is 3.42. The number of fused-ring (bicyclic) bond motifs is 1. The Morgan fingerprint density at radius 2 is 1.85 bits per heavy atom. The second-order valence-electron chi connectivity index (χ2n) is 5.71. The van der Waals surface area contributed by atoms with Crippen LogP contribution in [0.3, 0.4) is 0 Å². The SMILES string of the molecule is COC(=O)Nc1ccc2c(c1)OC(=O)CC2c1ccc(OC)c(OC)c1. The molecule has 7 nitrogen and oxygen atoms in total. The van der Waals surface area contributed by atoms with E-state index < -0.39 is 6.09 Å². The fraction of sp³-hybridized carbons (Fsp3) is 0.263. The highest BCUT2D eigenvalue weighted by Crippen LogP contribution is 2.42. The van der Waals surface area contributed by atoms with Gasteiger partial charge in [0.1, 0.15) is 5.75 Å². The van der Waals surface area contributed by atoms with Crippen molar-refractivity contribution in [1.29, 1.82) is 0 Å². The van der Waals surface area contributed by atoms with Crippen molar-refractivity contribution in [2.24, 2.45) is 0 Å². The molecule has 0 bridgehead atoms. The van der Waals surface area contributed by atoms with E-state index in [-0.39, 0.29) is 18.3 Å². The number of hydrogen-bond acceptors (Lipinski definition) is 6. The van der Waals surface area contributed by atoms with Gasteiger partial charge in [0.05, 0.1) is 27.8 Å². The van der Waals surface area contributed by atoms with Crippen LogP contribution in [0.25, 0.3) is 0 Å². The van der Waals surface area contributed by atoms with Gasteiger partial charge in [0.15, 0.2) is 11.5 Å². The predicted molar refractivity (Wildman–Crippen MR) is 94.1 cm³/mol. The Hall–Kier alpha value is -3.22. The average Bonchev–Trinajstić information content (AvgIpc) is 2.66. The summed E-state index contributed by atoms with van der Waals surface area (Å²) < 4.78 is 20.5. The van der Waals surface area contributed by atoms with Gasteiger partial charge in [-0.15, -0.1) is 0 Å². The highest BCUT2D eigenvalue weighted by molar-refractivity contribution is 5.86. The number of methoxy groups -OCH3 is 3. The molecule has 1 heterocycles. The summed E-state index contributed by atoms with van der Waals surface area (Å²) in [5, 5.41) is 2.56. The molecule has 2 aromatic rings. The Bertz CT molecular complexity index is 848. The molecule has 0 radical (unpaired) electrons. The molecule has 0 aromatic heterocycles. The lowest BCUT2D eigenvalue weighted by molar-refractivity contribution is -0.135. The average molecular weight is 357 g/mol. The monoisotopic (exact) mass is 357 g/mol. The first kappa shape index (κ1) is 17.6. The molecule has 1 aliphatic heterocycles. The van der Waals surface area contributed by atoms with E-state index in [1.54, 1.807) is 32.4 Å². The van der Waals surface area contributed by atoms with Crippen LogP contribution in [0.15, 0.2) is 36.4 Å². The quantitative estimate of drug-likeness (QED) is 0.668. The zero-order chi connectivity index (χ0) is 18.7. The lowest BCUT2D eigenvalue weighted by Gasteiger charge is -2.26. The number of nitrogens with one attached hydrogen (secondary N) is 1. The molecule has 26 heavy (non-hydrogen) atoms. The summed E-state index contributed by atoms with van der Waals surface area (Å²) in [6.07, 6.45) is -0.379. The number of ether oxygens (including phenoxy) is 4. The fourth-order valence-corrected chi connectivity index (χ4v) is 2.97. The van der Waals surface area contributed by atoms with Crippen LogP contribution in [-0.4, -0.2) is 33.4 Å². The van der Waals surface area contributed by atoms with Gasteiger partial charge in [0.25, 0.3) is 0 Å². The van der Waals surface area contributed by atoms with Gasteiger partial charge in [-0.1, -0.05) is 12.1 Å². The summed E-state index contributed by atoms with van der Waals surface area (Å²) in [5.74, 6) is 1.10. The van der Waals surface area contributed by atoms with Crippen LogP contribution in [0.5, 0.6) is 17.2 Å². The summed E-state index contributed by atoms with van der Waals surface area (Å²) >= 11 is 0. The van der Waals surface area contributed by atoms with E-state index in [1.807, 2.05) is 18.2 Å². The van der Waals surface area contributed by atoms with Crippen molar-refractivity contribution in [2.45, 2.75) is 12.3 Å². The van der Waals surface area contributed by atoms with E-state index in [1.165, 1.54) is 7.11 Å². The maximum absolute atomic E-state index is 12.1. The molecule has 0 spiro atoms. The minimum atomic E-state index is -0.594. The molecule has 0 aliphatic carbocycles. The van der Waals surface area contributed by atoms with E-state index in [0.29, 0.717) is 22.9 Å². The standard InChI is InChI=1S/C19H19NO6/c1-23-15-7-4-11(8-17(15)24-2)14-10-18(21)26-16-9-12(5-6-13(14)16)20-19(22)25-3/h4-9,14H,10H2,1-3H3,(H,20,22). The predicted octanol–water partition coefficient (Wildman–Crippen LogP) is 3.32. The summed E-state index contributed by atoms with van der Waals surface area (Å²) in [6, 6.07) is 10.7. The smallest absolute Gasteiger partial charge is 0.411 e. The van der Waals surface area contributed by atoms with Gasteiger partial charge in [-0.3, -0.25) is 10.1 Å². The third-order valence-corrected chi connectivity index (χ3v) is 4.23. The molecular weight excluding hydrogens is 338 g/mol. The molecule has 3 rings (SSSR count). The van der Waals surface area contributed by atoms with Crippen molar-refractivity contribution < 1.29 is 28.5 Å². The van der Waals surface area contributed by atoms with Crippen LogP contribution in [0.1, 0.15) is 23.5 Å². The Morgan fingerprint density at radius 3 is 2.54 bits per heavy atom. The van der Waals surface area contributed by atoms with Gasteiger partial charge in [0, 0.05) is 23.2 Å². The third-order valence-electron chi connectivity index (χ3n) is 4.23. The number of anilines is 1. The maximum Gasteiger partial charge on any atom is 0.411 e. The van der Waals surface area contributed by atoms with Gasteiger partial charge >= 0.3 is 12.1 Å². The highest BCUT2D eigenvalue weighted by atomic mass is 16.5. The summed E-state index contributed by atoms with van der Waals surface area (Å²) in [4.78, 5) is 23.5. The molecule has 1 N–H and O–H groups in total. The first-order valence-electron chi connectivity index (χ1n) is 7.97. The minimum absolute atomic E-state index is 0.182. The van der Waals surface area contributed by atoms with Crippen molar-refractivity contribution in [2.75, 3.05) is 26.6 Å². The minimum Gasteiger partial charge on any atom is -0.493 e. The van der Waals surface area contributed by atoms with Crippen LogP contribution in [0, 0.1) is 0 Å². The molecule has 0 saturated heterocycles. The number of benzene rings is 2. The maximum atomic E-state index is 12.1. The Kier molecular flexibility index (Phi) is 4.97. The van der Waals surface area contributed by atoms with E-state index in [9.17, 15) is 9.59 Å². The van der Waals surface area contributed by atoms with Crippen LogP contribution in [0.2, 0.25) is 0 Å². The van der Waals surface area contributed by atoms with Crippen LogP contribution in [-0.2, 0) is 9.53 Å². The largest absolute Gasteiger partial charge is 0.493 e. The molecule has 1 amide bonds. The second kappa shape index (κ2) is 7.35. The fourth-order valence-electron chi connectivity index (χ4n) is 2.97. The lowest BCUT2D eigenvalue weighted by Crippen LogP contribution is -2.21. The van der Waals surface area contributed by atoms with Gasteiger partial charge in [-0.2, -0.15) is 0 Å². The number of hydrogen-bond donors (Lipinski definition) is 1. The van der Waals surface area contributed by atoms with Crippen LogP contribution < -0.4 is 19.5 Å². The topological polar surface area (TPSA) is 83.1 Å². The molecule has 1 aliphatic rings. The number of carbonyl (C=O) groups excluding carboxylic acids is 2. The van der Waals surface area contributed by atoms with Gasteiger partial charge < -0.3 is 18.9 Å². The highest BCUT2D eigenvalue weighted by Gasteiger charge is 2.29. The number of rotatable bonds is 4. The van der Waals surface area contributed by atoms with E-state index >= 15 is 0 Å². The number of esters is 1. The van der Waals surface area contributed by atoms with E-state index in [0.717, 1.165) is 11.1 Å². The molecule has 1 unspecified atom stereocenters. The lowest BCUT2D eigenvalue weighted by atomic mass is 9.86. The van der Waals surface area contributed by atoms with Gasteiger partial charge in [-0.05, 0) is 23.8 Å². The first-order valence-corrected chi connectivity index (χ1v) is 7.97. The van der Waals surface area contributed by atoms with E-state index in [2.05, 4.69) is 10.1 Å². The van der Waals surface area contributed by atoms with Crippen LogP contribution in [0.4, 0.5) is 10.5 Å². The van der Waals surface area contributed by atoms with Crippen molar-refractivity contribution in [1.82, 2.24) is 0 Å². The van der Waals surface area contributed by atoms with Crippen molar-refractivity contribution >= 4 is 17.7 Å². The summed E-state index contributed by atoms with van der Waals surface area (Å²) in [7, 11) is 4.41. The Labute approximate surface area is 150 Å². The number of amides is 1. The van der Waals surface area contributed by atoms with E-state index in [4.69, 9.17) is 14.2 Å². The van der Waals surface area contributed by atoms with Crippen molar-refractivity contribution in [3.63, 3.8) is 0 Å². The molecule has 7 heteroatoms. The van der Waals surface area contributed by atoms with Gasteiger partial charge in [-0.25, -0.2) is 4.79 Å². The Morgan fingerprint density at radius 1 is 1.08 bits per heavy atom. The normalized spacial score (nSPS) is 15.5. The molecule has 2 aromatic carbocycles. The molecular formula is C19H19NO6. The first-order chi connectivity index (χ1) is 12.5. The molecule has 136 valence electrons. The summed E-state index contributed by atoms with van der Waals surface area (Å²) in [5.41, 5.74) is 2.25. The molecule has 0 fully saturated rings. The van der Waals surface area contributed by atoms with Crippen molar-refractivity contribution in [3.05, 3.63) is 47.5 Å². The Balaban J connectivity index is 1.98. The second-order valence-corrected chi connectivity index (χ2v) is 5.71. The number of carbonyl (C=O) groups is 2. The van der Waals surface area contributed by atoms with Crippen LogP contribution >= 0.6 is 0 Å². The molecule has 0 saturated carbocycles. The zero-order valence-corrected chi connectivity index (χ0v) is 14.7. The zero-order valence-electron chi connectivity index (χ0n) is 14.7. The van der Waals surface area contributed by atoms with Gasteiger partial charge in [0.2, 0.25) is 0 Å².